The van der Waals surface area contributed by atoms with Gasteiger partial charge in [-0.1, -0.05) is 0 Å². The summed E-state index contributed by atoms with van der Waals surface area (Å²) in [7, 11) is 0. The van der Waals surface area contributed by atoms with E-state index in [-0.39, 0.29) is 12.5 Å². The van der Waals surface area contributed by atoms with Crippen molar-refractivity contribution in [2.24, 2.45) is 5.92 Å². The summed E-state index contributed by atoms with van der Waals surface area (Å²) in [6, 6.07) is 0. The monoisotopic (exact) mass is 228 g/mol. The fourth-order valence-corrected chi connectivity index (χ4v) is 2.43. The first-order valence-electron chi connectivity index (χ1n) is 5.86. The van der Waals surface area contributed by atoms with Crippen molar-refractivity contribution < 1.29 is 14.6 Å². The Hall–Kier alpha value is -0.610. The zero-order valence-corrected chi connectivity index (χ0v) is 10.4. The van der Waals surface area contributed by atoms with Gasteiger partial charge < -0.3 is 9.84 Å². The first-order valence-corrected chi connectivity index (χ1v) is 5.86. The van der Waals surface area contributed by atoms with Crippen molar-refractivity contribution in [3.8, 4) is 0 Å². The lowest BCUT2D eigenvalue weighted by molar-refractivity contribution is -0.177. The van der Waals surface area contributed by atoms with Gasteiger partial charge in [-0.15, -0.1) is 0 Å². The van der Waals surface area contributed by atoms with Crippen LogP contribution in [-0.2, 0) is 9.53 Å². The molecule has 0 aromatic heterocycles. The zero-order chi connectivity index (χ0) is 12.4. The van der Waals surface area contributed by atoms with Crippen LogP contribution in [0.1, 0.15) is 46.5 Å². The van der Waals surface area contributed by atoms with Crippen LogP contribution in [0, 0.1) is 5.92 Å². The minimum absolute atomic E-state index is 0.0720. The van der Waals surface area contributed by atoms with Gasteiger partial charge >= 0.3 is 0 Å². The lowest BCUT2D eigenvalue weighted by atomic mass is 9.77. The van der Waals surface area contributed by atoms with Crippen molar-refractivity contribution in [3.63, 3.8) is 0 Å². The predicted octanol–water partition coefficient (Wildman–Crippen LogP) is 1.53. The number of aliphatic hydroxyl groups is 1. The summed E-state index contributed by atoms with van der Waals surface area (Å²) in [5.74, 6) is -0.564. The first kappa shape index (κ1) is 13.5. The number of carbonyl (C=O) groups excluding carboxylic acids is 1. The first-order chi connectivity index (χ1) is 7.29. The molecule has 4 heteroatoms. The molecule has 1 amide bonds. The van der Waals surface area contributed by atoms with Crippen LogP contribution in [0.2, 0.25) is 0 Å². The van der Waals surface area contributed by atoms with E-state index in [0.29, 0.717) is 12.8 Å². The van der Waals surface area contributed by atoms with E-state index in [4.69, 9.17) is 10.5 Å². The number of hydrogen-bond acceptors (Lipinski definition) is 3. The van der Waals surface area contributed by atoms with E-state index in [1.807, 2.05) is 20.8 Å². The molecule has 1 radical (unpaired) electrons. The Kier molecular flexibility index (Phi) is 3.97. The van der Waals surface area contributed by atoms with Crippen LogP contribution in [0.15, 0.2) is 0 Å². The lowest BCUT2D eigenvalue weighted by Crippen LogP contribution is -2.50. The quantitative estimate of drug-likeness (QED) is 0.796. The molecule has 16 heavy (non-hydrogen) atoms. The summed E-state index contributed by atoms with van der Waals surface area (Å²) < 4.78 is 5.81. The minimum atomic E-state index is -0.996. The number of amides is 1. The van der Waals surface area contributed by atoms with Crippen LogP contribution < -0.4 is 5.73 Å². The maximum absolute atomic E-state index is 11.5. The van der Waals surface area contributed by atoms with E-state index in [1.54, 1.807) is 0 Å². The van der Waals surface area contributed by atoms with Crippen LogP contribution in [0.5, 0.6) is 0 Å². The summed E-state index contributed by atoms with van der Waals surface area (Å²) in [6.07, 6.45) is 2.83. The third kappa shape index (κ3) is 3.19. The molecule has 0 aliphatic heterocycles. The molecule has 0 heterocycles. The number of nitrogens with one attached hydrogen (secondary N) is 1. The molecule has 1 aliphatic rings. The van der Waals surface area contributed by atoms with E-state index in [9.17, 15) is 9.90 Å². The van der Waals surface area contributed by atoms with Crippen LogP contribution in [0.4, 0.5) is 0 Å². The Bertz CT molecular complexity index is 259. The van der Waals surface area contributed by atoms with Gasteiger partial charge in [-0.25, -0.2) is 0 Å². The van der Waals surface area contributed by atoms with Gasteiger partial charge in [0, 0.05) is 6.61 Å². The molecule has 4 nitrogen and oxygen atoms in total. The highest BCUT2D eigenvalue weighted by Crippen LogP contribution is 2.38. The standard InChI is InChI=1S/C12H22NO3/c1-11(2,3)16-12(10(13)15)6-4-5-9(7-12)8-14/h9,13-14H,4-8H2,1-3H3. The molecule has 0 aromatic carbocycles. The van der Waals surface area contributed by atoms with Crippen molar-refractivity contribution in [3.05, 3.63) is 0 Å². The summed E-state index contributed by atoms with van der Waals surface area (Å²) in [5.41, 5.74) is 5.99. The van der Waals surface area contributed by atoms with Gasteiger partial charge in [-0.2, -0.15) is 0 Å². The van der Waals surface area contributed by atoms with Crippen molar-refractivity contribution in [2.45, 2.75) is 57.7 Å². The molecule has 1 fully saturated rings. The molecular weight excluding hydrogens is 206 g/mol. The van der Waals surface area contributed by atoms with Gasteiger partial charge in [0.25, 0.3) is 5.91 Å². The molecule has 0 spiro atoms. The Labute approximate surface area is 97.2 Å². The van der Waals surface area contributed by atoms with Crippen molar-refractivity contribution in [1.29, 1.82) is 0 Å². The second-order valence-electron chi connectivity index (χ2n) is 5.68. The van der Waals surface area contributed by atoms with E-state index in [1.165, 1.54) is 0 Å². The van der Waals surface area contributed by atoms with E-state index in [2.05, 4.69) is 0 Å². The van der Waals surface area contributed by atoms with Gasteiger partial charge in [0.15, 0.2) is 0 Å². The lowest BCUT2D eigenvalue weighted by Gasteiger charge is -2.41. The Balaban J connectivity index is 2.84. The molecule has 1 saturated carbocycles. The molecule has 0 bridgehead atoms. The van der Waals surface area contributed by atoms with Gasteiger partial charge in [0.05, 0.1) is 5.60 Å². The Morgan fingerprint density at radius 1 is 1.56 bits per heavy atom. The van der Waals surface area contributed by atoms with Crippen molar-refractivity contribution >= 4 is 5.91 Å². The van der Waals surface area contributed by atoms with E-state index in [0.717, 1.165) is 12.8 Å². The summed E-state index contributed by atoms with van der Waals surface area (Å²) >= 11 is 0. The van der Waals surface area contributed by atoms with E-state index >= 15 is 0 Å². The van der Waals surface area contributed by atoms with Crippen LogP contribution >= 0.6 is 0 Å². The molecule has 2 atom stereocenters. The number of rotatable bonds is 3. The zero-order valence-electron chi connectivity index (χ0n) is 10.4. The van der Waals surface area contributed by atoms with Crippen LogP contribution in [-0.4, -0.2) is 28.8 Å². The van der Waals surface area contributed by atoms with Gasteiger partial charge in [0.1, 0.15) is 5.60 Å². The molecule has 0 saturated heterocycles. The maximum Gasteiger partial charge on any atom is 0.270 e. The fraction of sp³-hybridized carbons (Fsp3) is 0.917. The average molecular weight is 228 g/mol. The van der Waals surface area contributed by atoms with Gasteiger partial charge in [-0.05, 0) is 52.4 Å². The van der Waals surface area contributed by atoms with Crippen LogP contribution in [0.3, 0.4) is 0 Å². The molecule has 2 unspecified atom stereocenters. The number of carbonyl (C=O) groups is 1. The van der Waals surface area contributed by atoms with Gasteiger partial charge in [0.2, 0.25) is 0 Å². The van der Waals surface area contributed by atoms with Crippen LogP contribution in [0.25, 0.3) is 0 Å². The Morgan fingerprint density at radius 3 is 2.62 bits per heavy atom. The molecule has 2 N–H and O–H groups in total. The highest BCUT2D eigenvalue weighted by Gasteiger charge is 2.45. The van der Waals surface area contributed by atoms with Crippen molar-refractivity contribution in [2.75, 3.05) is 6.61 Å². The summed E-state index contributed by atoms with van der Waals surface area (Å²) in [4.78, 5) is 11.5. The van der Waals surface area contributed by atoms with Gasteiger partial charge in [-0.3, -0.25) is 10.5 Å². The molecule has 93 valence electrons. The third-order valence-corrected chi connectivity index (χ3v) is 2.98. The SMILES string of the molecule is CC(C)(C)OC1(C([NH])=O)CCCC(CO)C1. The second-order valence-corrected chi connectivity index (χ2v) is 5.68. The molecule has 1 rings (SSSR count). The smallest absolute Gasteiger partial charge is 0.270 e. The Morgan fingerprint density at radius 2 is 2.19 bits per heavy atom. The topological polar surface area (TPSA) is 70.3 Å². The number of hydrogen-bond donors (Lipinski definition) is 1. The van der Waals surface area contributed by atoms with E-state index < -0.39 is 17.1 Å². The number of aliphatic hydroxyl groups excluding tert-OH is 1. The summed E-state index contributed by atoms with van der Waals surface area (Å²) in [5, 5.41) is 9.18. The minimum Gasteiger partial charge on any atom is -0.396 e. The molecular formula is C12H22NO3. The highest BCUT2D eigenvalue weighted by atomic mass is 16.5. The predicted molar refractivity (Wildman–Crippen MR) is 60.7 cm³/mol. The third-order valence-electron chi connectivity index (χ3n) is 2.98. The summed E-state index contributed by atoms with van der Waals surface area (Å²) in [6.45, 7) is 5.74. The fourth-order valence-electron chi connectivity index (χ4n) is 2.43. The second kappa shape index (κ2) is 4.72. The largest absolute Gasteiger partial charge is 0.396 e. The number of ether oxygens (including phenoxy) is 1. The average Bonchev–Trinajstić information content (AvgIpc) is 2.15. The van der Waals surface area contributed by atoms with Crippen molar-refractivity contribution in [1.82, 2.24) is 5.73 Å². The maximum atomic E-state index is 11.5. The molecule has 0 aromatic rings. The normalized spacial score (nSPS) is 31.4. The highest BCUT2D eigenvalue weighted by molar-refractivity contribution is 5.83. The molecule has 1 aliphatic carbocycles.